The molecule has 15 heavy (non-hydrogen) atoms. The molecular weight excluding hydrogens is 203 g/mol. The largest absolute Gasteiger partial charge is 0.416 e. The SMILES string of the molecule is FC(F)(F)c1cccc(C2=NCCC2)c1. The van der Waals surface area contributed by atoms with Gasteiger partial charge in [-0.25, -0.2) is 0 Å². The zero-order valence-corrected chi connectivity index (χ0v) is 8.01. The van der Waals surface area contributed by atoms with E-state index in [0.29, 0.717) is 5.56 Å². The van der Waals surface area contributed by atoms with E-state index >= 15 is 0 Å². The summed E-state index contributed by atoms with van der Waals surface area (Å²) in [5.41, 5.74) is 0.790. The molecular formula is C11H10F3N. The molecule has 0 aromatic heterocycles. The average Bonchev–Trinajstić information content (AvgIpc) is 2.69. The van der Waals surface area contributed by atoms with E-state index in [2.05, 4.69) is 4.99 Å². The van der Waals surface area contributed by atoms with Gasteiger partial charge in [0.05, 0.1) is 5.56 Å². The Morgan fingerprint density at radius 1 is 1.20 bits per heavy atom. The second kappa shape index (κ2) is 3.68. The Morgan fingerprint density at radius 2 is 2.00 bits per heavy atom. The van der Waals surface area contributed by atoms with Gasteiger partial charge in [-0.1, -0.05) is 12.1 Å². The lowest BCUT2D eigenvalue weighted by molar-refractivity contribution is -0.137. The highest BCUT2D eigenvalue weighted by Gasteiger charge is 2.30. The van der Waals surface area contributed by atoms with Gasteiger partial charge in [-0.2, -0.15) is 13.2 Å². The standard InChI is InChI=1S/C11H10F3N/c12-11(13,14)9-4-1-3-8(7-9)10-5-2-6-15-10/h1,3-4,7H,2,5-6H2. The van der Waals surface area contributed by atoms with Crippen LogP contribution in [0, 0.1) is 0 Å². The summed E-state index contributed by atoms with van der Waals surface area (Å²) in [6.45, 7) is 0.728. The molecule has 0 saturated heterocycles. The number of rotatable bonds is 1. The van der Waals surface area contributed by atoms with E-state index in [1.54, 1.807) is 6.07 Å². The minimum Gasteiger partial charge on any atom is -0.289 e. The van der Waals surface area contributed by atoms with Crippen molar-refractivity contribution < 1.29 is 13.2 Å². The summed E-state index contributed by atoms with van der Waals surface area (Å²) in [5, 5.41) is 0. The van der Waals surface area contributed by atoms with Crippen LogP contribution in [0.2, 0.25) is 0 Å². The van der Waals surface area contributed by atoms with Crippen molar-refractivity contribution in [2.75, 3.05) is 6.54 Å². The first kappa shape index (κ1) is 10.2. The molecule has 80 valence electrons. The van der Waals surface area contributed by atoms with Gasteiger partial charge in [0.2, 0.25) is 0 Å². The molecule has 0 spiro atoms. The van der Waals surface area contributed by atoms with Crippen molar-refractivity contribution in [3.05, 3.63) is 35.4 Å². The van der Waals surface area contributed by atoms with Gasteiger partial charge in [0.1, 0.15) is 0 Å². The van der Waals surface area contributed by atoms with Crippen LogP contribution >= 0.6 is 0 Å². The quantitative estimate of drug-likeness (QED) is 0.678. The lowest BCUT2D eigenvalue weighted by Crippen LogP contribution is -2.06. The molecule has 0 bridgehead atoms. The predicted molar refractivity (Wildman–Crippen MR) is 52.1 cm³/mol. The van der Waals surface area contributed by atoms with E-state index in [1.807, 2.05) is 0 Å². The van der Waals surface area contributed by atoms with Gasteiger partial charge in [-0.15, -0.1) is 0 Å². The van der Waals surface area contributed by atoms with Gasteiger partial charge in [0.15, 0.2) is 0 Å². The van der Waals surface area contributed by atoms with E-state index in [4.69, 9.17) is 0 Å². The molecule has 1 aliphatic rings. The van der Waals surface area contributed by atoms with Crippen LogP contribution in [-0.4, -0.2) is 12.3 Å². The molecule has 1 heterocycles. The Labute approximate surface area is 85.6 Å². The van der Waals surface area contributed by atoms with Crippen LogP contribution in [0.4, 0.5) is 13.2 Å². The van der Waals surface area contributed by atoms with Gasteiger partial charge in [-0.05, 0) is 30.5 Å². The Balaban J connectivity index is 2.34. The summed E-state index contributed by atoms with van der Waals surface area (Å²) in [4.78, 5) is 4.18. The van der Waals surface area contributed by atoms with Crippen molar-refractivity contribution in [1.82, 2.24) is 0 Å². The molecule has 0 fully saturated rings. The highest BCUT2D eigenvalue weighted by molar-refractivity contribution is 6.01. The molecule has 0 atom stereocenters. The van der Waals surface area contributed by atoms with Crippen LogP contribution in [0.25, 0.3) is 0 Å². The van der Waals surface area contributed by atoms with Crippen molar-refractivity contribution in [3.8, 4) is 0 Å². The fourth-order valence-electron chi connectivity index (χ4n) is 1.65. The molecule has 0 saturated carbocycles. The molecule has 0 unspecified atom stereocenters. The maximum atomic E-state index is 12.4. The number of aliphatic imine (C=N–C) groups is 1. The number of halogens is 3. The maximum absolute atomic E-state index is 12.4. The molecule has 1 nitrogen and oxygen atoms in total. The molecule has 0 N–H and O–H groups in total. The molecule has 2 rings (SSSR count). The van der Waals surface area contributed by atoms with Crippen LogP contribution < -0.4 is 0 Å². The Bertz CT molecular complexity index is 393. The summed E-state index contributed by atoms with van der Waals surface area (Å²) in [7, 11) is 0. The molecule has 4 heteroatoms. The molecule has 0 aliphatic carbocycles. The first-order chi connectivity index (χ1) is 7.07. The Hall–Kier alpha value is -1.32. The molecule has 1 aliphatic heterocycles. The summed E-state index contributed by atoms with van der Waals surface area (Å²) in [6, 6.07) is 5.36. The van der Waals surface area contributed by atoms with Crippen LogP contribution in [-0.2, 0) is 6.18 Å². The minimum absolute atomic E-state index is 0.599. The second-order valence-electron chi connectivity index (χ2n) is 3.51. The molecule has 0 radical (unpaired) electrons. The monoisotopic (exact) mass is 213 g/mol. The van der Waals surface area contributed by atoms with Crippen LogP contribution in [0.15, 0.2) is 29.3 Å². The topological polar surface area (TPSA) is 12.4 Å². The van der Waals surface area contributed by atoms with Crippen LogP contribution in [0.3, 0.4) is 0 Å². The van der Waals surface area contributed by atoms with E-state index in [-0.39, 0.29) is 0 Å². The van der Waals surface area contributed by atoms with Crippen LogP contribution in [0.1, 0.15) is 24.0 Å². The smallest absolute Gasteiger partial charge is 0.289 e. The van der Waals surface area contributed by atoms with Gasteiger partial charge in [0, 0.05) is 12.3 Å². The second-order valence-corrected chi connectivity index (χ2v) is 3.51. The van der Waals surface area contributed by atoms with E-state index in [0.717, 1.165) is 31.2 Å². The third-order valence-electron chi connectivity index (χ3n) is 2.40. The third kappa shape index (κ3) is 2.19. The third-order valence-corrected chi connectivity index (χ3v) is 2.40. The molecule has 1 aromatic carbocycles. The van der Waals surface area contributed by atoms with E-state index in [9.17, 15) is 13.2 Å². The van der Waals surface area contributed by atoms with Crippen molar-refractivity contribution in [2.24, 2.45) is 4.99 Å². The Morgan fingerprint density at radius 3 is 2.60 bits per heavy atom. The highest BCUT2D eigenvalue weighted by atomic mass is 19.4. The van der Waals surface area contributed by atoms with Crippen molar-refractivity contribution in [2.45, 2.75) is 19.0 Å². The number of alkyl halides is 3. The number of hydrogen-bond acceptors (Lipinski definition) is 1. The average molecular weight is 213 g/mol. The zero-order chi connectivity index (χ0) is 10.9. The summed E-state index contributed by atoms with van der Waals surface area (Å²) in [5.74, 6) is 0. The zero-order valence-electron chi connectivity index (χ0n) is 8.01. The molecule has 1 aromatic rings. The minimum atomic E-state index is -4.27. The van der Waals surface area contributed by atoms with Crippen molar-refractivity contribution in [1.29, 1.82) is 0 Å². The van der Waals surface area contributed by atoms with Gasteiger partial charge < -0.3 is 0 Å². The van der Waals surface area contributed by atoms with Gasteiger partial charge >= 0.3 is 6.18 Å². The van der Waals surface area contributed by atoms with Crippen molar-refractivity contribution in [3.63, 3.8) is 0 Å². The maximum Gasteiger partial charge on any atom is 0.416 e. The first-order valence-corrected chi connectivity index (χ1v) is 4.78. The van der Waals surface area contributed by atoms with Crippen LogP contribution in [0.5, 0.6) is 0 Å². The van der Waals surface area contributed by atoms with Crippen molar-refractivity contribution >= 4 is 5.71 Å². The lowest BCUT2D eigenvalue weighted by atomic mass is 10.0. The molecule has 0 amide bonds. The Kier molecular flexibility index (Phi) is 2.50. The highest BCUT2D eigenvalue weighted by Crippen LogP contribution is 2.30. The van der Waals surface area contributed by atoms with Gasteiger partial charge in [0.25, 0.3) is 0 Å². The summed E-state index contributed by atoms with van der Waals surface area (Å²) in [6.07, 6.45) is -2.55. The van der Waals surface area contributed by atoms with Gasteiger partial charge in [-0.3, -0.25) is 4.99 Å². The number of nitrogens with zero attached hydrogens (tertiary/aromatic N) is 1. The number of hydrogen-bond donors (Lipinski definition) is 0. The fourth-order valence-corrected chi connectivity index (χ4v) is 1.65. The predicted octanol–water partition coefficient (Wildman–Crippen LogP) is 3.29. The fraction of sp³-hybridized carbons (Fsp3) is 0.364. The van der Waals surface area contributed by atoms with E-state index < -0.39 is 11.7 Å². The normalized spacial score (nSPS) is 16.6. The summed E-state index contributed by atoms with van der Waals surface area (Å²) < 4.78 is 37.2. The summed E-state index contributed by atoms with van der Waals surface area (Å²) >= 11 is 0. The lowest BCUT2D eigenvalue weighted by Gasteiger charge is -2.08. The van der Waals surface area contributed by atoms with E-state index in [1.165, 1.54) is 12.1 Å². The first-order valence-electron chi connectivity index (χ1n) is 4.78. The number of benzene rings is 1.